The molecule has 3 heteroatoms. The highest BCUT2D eigenvalue weighted by Gasteiger charge is 2.19. The van der Waals surface area contributed by atoms with Crippen molar-refractivity contribution in [3.8, 4) is 0 Å². The summed E-state index contributed by atoms with van der Waals surface area (Å²) < 4.78 is 12.7. The summed E-state index contributed by atoms with van der Waals surface area (Å²) in [6, 6.07) is 0.164. The van der Waals surface area contributed by atoms with Crippen LogP contribution in [0.3, 0.4) is 0 Å². The van der Waals surface area contributed by atoms with Gasteiger partial charge in [0, 0.05) is 12.2 Å². The van der Waals surface area contributed by atoms with E-state index in [9.17, 15) is 4.39 Å². The third-order valence-electron chi connectivity index (χ3n) is 2.64. The molecule has 0 atom stereocenters. The molecule has 74 valence electrons. The fourth-order valence-electron chi connectivity index (χ4n) is 1.93. The number of halogens is 1. The lowest BCUT2D eigenvalue weighted by Gasteiger charge is -2.25. The van der Waals surface area contributed by atoms with E-state index in [0.717, 1.165) is 25.7 Å². The van der Waals surface area contributed by atoms with Crippen molar-refractivity contribution < 1.29 is 4.39 Å². The maximum atomic E-state index is 12.7. The van der Waals surface area contributed by atoms with Gasteiger partial charge in [-0.25, -0.2) is 0 Å². The lowest BCUT2D eigenvalue weighted by atomic mass is 10.1. The predicted octanol–water partition coefficient (Wildman–Crippen LogP) is 3.06. The van der Waals surface area contributed by atoms with Crippen LogP contribution in [-0.2, 0) is 0 Å². The van der Waals surface area contributed by atoms with Crippen LogP contribution in [0.1, 0.15) is 38.5 Å². The summed E-state index contributed by atoms with van der Waals surface area (Å²) in [5, 5.41) is 6.95. The Morgan fingerprint density at radius 2 is 1.85 bits per heavy atom. The van der Waals surface area contributed by atoms with Gasteiger partial charge in [-0.05, 0) is 12.8 Å². The Kier molecular flexibility index (Phi) is 3.93. The summed E-state index contributed by atoms with van der Waals surface area (Å²) in [6.45, 7) is 3.53. The zero-order valence-corrected chi connectivity index (χ0v) is 7.93. The van der Waals surface area contributed by atoms with Crippen molar-refractivity contribution in [1.29, 1.82) is 5.41 Å². The van der Waals surface area contributed by atoms with E-state index in [4.69, 9.17) is 5.41 Å². The number of rotatable bonds is 2. The second-order valence-electron chi connectivity index (χ2n) is 3.53. The molecule has 0 heterocycles. The summed E-state index contributed by atoms with van der Waals surface area (Å²) in [7, 11) is 0. The molecule has 1 saturated carbocycles. The summed E-state index contributed by atoms with van der Waals surface area (Å²) in [5.74, 6) is 0. The minimum atomic E-state index is -0.873. The molecule has 1 fully saturated rings. The normalized spacial score (nSPS) is 19.2. The molecule has 0 aromatic carbocycles. The molecule has 0 aliphatic heterocycles. The first kappa shape index (κ1) is 10.2. The van der Waals surface area contributed by atoms with Gasteiger partial charge in [0.25, 0.3) is 6.09 Å². The van der Waals surface area contributed by atoms with Crippen LogP contribution in [0.2, 0.25) is 0 Å². The second-order valence-corrected chi connectivity index (χ2v) is 3.53. The molecule has 0 amide bonds. The Bertz CT molecular complexity index is 183. The van der Waals surface area contributed by atoms with Crippen molar-refractivity contribution in [2.24, 2.45) is 0 Å². The highest BCUT2D eigenvalue weighted by atomic mass is 19.1. The molecule has 1 rings (SSSR count). The highest BCUT2D eigenvalue weighted by molar-refractivity contribution is 5.70. The average Bonchev–Trinajstić information content (AvgIpc) is 2.33. The van der Waals surface area contributed by atoms with Gasteiger partial charge in [0.05, 0.1) is 0 Å². The Hall–Kier alpha value is -0.860. The smallest absolute Gasteiger partial charge is 0.281 e. The summed E-state index contributed by atoms with van der Waals surface area (Å²) >= 11 is 0. The van der Waals surface area contributed by atoms with E-state index in [1.807, 2.05) is 0 Å². The Morgan fingerprint density at radius 1 is 1.31 bits per heavy atom. The molecule has 1 N–H and O–H groups in total. The summed E-state index contributed by atoms with van der Waals surface area (Å²) in [5.41, 5.74) is 0. The van der Waals surface area contributed by atoms with E-state index >= 15 is 0 Å². The Balaban J connectivity index is 2.55. The van der Waals surface area contributed by atoms with Crippen molar-refractivity contribution in [3.63, 3.8) is 0 Å². The Morgan fingerprint density at radius 3 is 2.23 bits per heavy atom. The van der Waals surface area contributed by atoms with Crippen LogP contribution in [0.25, 0.3) is 0 Å². The standard InChI is InChI=1S/C10H17FN2/c1-2-13(10(11)12)9-7-5-3-4-6-8-9/h2,9,12H,1,3-8H2. The van der Waals surface area contributed by atoms with Gasteiger partial charge >= 0.3 is 0 Å². The first-order valence-corrected chi connectivity index (χ1v) is 4.90. The quantitative estimate of drug-likeness (QED) is 0.303. The van der Waals surface area contributed by atoms with E-state index in [1.165, 1.54) is 23.9 Å². The van der Waals surface area contributed by atoms with Crippen LogP contribution in [0.4, 0.5) is 4.39 Å². The zero-order chi connectivity index (χ0) is 9.68. The van der Waals surface area contributed by atoms with Crippen LogP contribution >= 0.6 is 0 Å². The first-order chi connectivity index (χ1) is 6.25. The molecule has 0 unspecified atom stereocenters. The number of hydrogen-bond acceptors (Lipinski definition) is 1. The first-order valence-electron chi connectivity index (χ1n) is 4.90. The van der Waals surface area contributed by atoms with Gasteiger partial charge in [-0.2, -0.15) is 4.39 Å². The Labute approximate surface area is 78.9 Å². The highest BCUT2D eigenvalue weighted by Crippen LogP contribution is 2.22. The fourth-order valence-corrected chi connectivity index (χ4v) is 1.93. The van der Waals surface area contributed by atoms with Crippen LogP contribution in [0, 0.1) is 5.41 Å². The monoisotopic (exact) mass is 184 g/mol. The van der Waals surface area contributed by atoms with Gasteiger partial charge in [-0.3, -0.25) is 5.41 Å². The molecule has 0 spiro atoms. The minimum absolute atomic E-state index is 0.164. The number of hydrogen-bond donors (Lipinski definition) is 1. The number of amidine groups is 1. The predicted molar refractivity (Wildman–Crippen MR) is 52.4 cm³/mol. The second kappa shape index (κ2) is 5.00. The van der Waals surface area contributed by atoms with Crippen LogP contribution in [0.5, 0.6) is 0 Å². The van der Waals surface area contributed by atoms with Gasteiger partial charge in [0.2, 0.25) is 0 Å². The van der Waals surface area contributed by atoms with Crippen molar-refractivity contribution in [2.45, 2.75) is 44.6 Å². The molecule has 2 nitrogen and oxygen atoms in total. The molecule has 0 radical (unpaired) electrons. The molecule has 0 aromatic heterocycles. The van der Waals surface area contributed by atoms with Crippen molar-refractivity contribution >= 4 is 6.09 Å². The molecular weight excluding hydrogens is 167 g/mol. The van der Waals surface area contributed by atoms with Crippen LogP contribution < -0.4 is 0 Å². The lowest BCUT2D eigenvalue weighted by Crippen LogP contribution is -2.32. The molecule has 0 bridgehead atoms. The van der Waals surface area contributed by atoms with Crippen LogP contribution in [0.15, 0.2) is 12.8 Å². The summed E-state index contributed by atoms with van der Waals surface area (Å²) in [6.07, 6.45) is 7.28. The molecular formula is C10H17FN2. The van der Waals surface area contributed by atoms with Gasteiger partial charge in [-0.1, -0.05) is 32.3 Å². The van der Waals surface area contributed by atoms with E-state index < -0.39 is 6.09 Å². The van der Waals surface area contributed by atoms with E-state index in [0.29, 0.717) is 0 Å². The van der Waals surface area contributed by atoms with Crippen molar-refractivity contribution in [1.82, 2.24) is 4.90 Å². The van der Waals surface area contributed by atoms with Gasteiger partial charge in [-0.15, -0.1) is 0 Å². The van der Waals surface area contributed by atoms with Crippen LogP contribution in [-0.4, -0.2) is 17.0 Å². The largest absolute Gasteiger partial charge is 0.307 e. The lowest BCUT2D eigenvalue weighted by molar-refractivity contribution is 0.331. The molecule has 0 aromatic rings. The maximum Gasteiger partial charge on any atom is 0.281 e. The summed E-state index contributed by atoms with van der Waals surface area (Å²) in [4.78, 5) is 1.35. The minimum Gasteiger partial charge on any atom is -0.307 e. The van der Waals surface area contributed by atoms with Gasteiger partial charge in [0.1, 0.15) is 0 Å². The topological polar surface area (TPSA) is 27.1 Å². The average molecular weight is 184 g/mol. The van der Waals surface area contributed by atoms with E-state index in [1.54, 1.807) is 0 Å². The number of nitrogens with zero attached hydrogens (tertiary/aromatic N) is 1. The molecule has 1 aliphatic rings. The maximum absolute atomic E-state index is 12.7. The SMILES string of the molecule is C=CN(C(=N)F)C1CCCCCC1. The molecule has 1 aliphatic carbocycles. The van der Waals surface area contributed by atoms with Crippen molar-refractivity contribution in [2.75, 3.05) is 0 Å². The molecule has 0 saturated heterocycles. The third kappa shape index (κ3) is 2.83. The van der Waals surface area contributed by atoms with E-state index in [-0.39, 0.29) is 6.04 Å². The molecule has 13 heavy (non-hydrogen) atoms. The van der Waals surface area contributed by atoms with Crippen molar-refractivity contribution in [3.05, 3.63) is 12.8 Å². The van der Waals surface area contributed by atoms with Gasteiger partial charge < -0.3 is 4.90 Å². The zero-order valence-electron chi connectivity index (χ0n) is 7.93. The fraction of sp³-hybridized carbons (Fsp3) is 0.700. The third-order valence-corrected chi connectivity index (χ3v) is 2.64. The van der Waals surface area contributed by atoms with E-state index in [2.05, 4.69) is 6.58 Å². The number of nitrogens with one attached hydrogen (secondary N) is 1. The van der Waals surface area contributed by atoms with Gasteiger partial charge in [0.15, 0.2) is 0 Å².